The lowest BCUT2D eigenvalue weighted by Gasteiger charge is -2.26. The van der Waals surface area contributed by atoms with E-state index in [9.17, 15) is 0 Å². The van der Waals surface area contributed by atoms with E-state index in [4.69, 9.17) is 0 Å². The van der Waals surface area contributed by atoms with E-state index in [1.165, 1.54) is 30.4 Å². The Hall–Kier alpha value is -0.820. The molecule has 0 aliphatic heterocycles. The van der Waals surface area contributed by atoms with Gasteiger partial charge in [-0.05, 0) is 43.4 Å². The van der Waals surface area contributed by atoms with E-state index in [2.05, 4.69) is 57.4 Å². The smallest absolute Gasteiger partial charge is 0.0133 e. The van der Waals surface area contributed by atoms with Gasteiger partial charge in [-0.3, -0.25) is 0 Å². The maximum absolute atomic E-state index is 3.48. The van der Waals surface area contributed by atoms with Crippen LogP contribution in [0, 0.1) is 0 Å². The minimum atomic E-state index is 0.609. The molecule has 2 atom stereocenters. The van der Waals surface area contributed by atoms with Crippen LogP contribution < -0.4 is 5.32 Å². The Kier molecular flexibility index (Phi) is 6.28. The van der Waals surface area contributed by atoms with Gasteiger partial charge in [0, 0.05) is 6.04 Å². The fourth-order valence-corrected chi connectivity index (χ4v) is 2.61. The lowest BCUT2D eigenvalue weighted by molar-refractivity contribution is 0.422. The van der Waals surface area contributed by atoms with Crippen molar-refractivity contribution in [2.45, 2.75) is 58.4 Å². The Labute approximate surface area is 107 Å². The number of likely N-dealkylation sites (N-methyl/N-ethyl adjacent to an activating group) is 1. The van der Waals surface area contributed by atoms with Crippen LogP contribution in [0.25, 0.3) is 0 Å². The highest BCUT2D eigenvalue weighted by molar-refractivity contribution is 5.26. The van der Waals surface area contributed by atoms with E-state index in [1.807, 2.05) is 0 Å². The van der Waals surface area contributed by atoms with Crippen molar-refractivity contribution in [2.24, 2.45) is 0 Å². The predicted octanol–water partition coefficient (Wildman–Crippen LogP) is 4.13. The summed E-state index contributed by atoms with van der Waals surface area (Å²) in [5, 5.41) is 3.48. The first kappa shape index (κ1) is 14.2. The summed E-state index contributed by atoms with van der Waals surface area (Å²) in [5.74, 6) is 0.644. The van der Waals surface area contributed by atoms with E-state index in [1.54, 1.807) is 0 Å². The molecule has 1 aromatic carbocycles. The van der Waals surface area contributed by atoms with Gasteiger partial charge in [0.1, 0.15) is 0 Å². The number of hydrogen-bond donors (Lipinski definition) is 1. The number of benzene rings is 1. The van der Waals surface area contributed by atoms with Crippen molar-refractivity contribution in [3.63, 3.8) is 0 Å². The highest BCUT2D eigenvalue weighted by Crippen LogP contribution is 2.26. The molecular formula is C16H27N. The third-order valence-electron chi connectivity index (χ3n) is 3.71. The van der Waals surface area contributed by atoms with Crippen molar-refractivity contribution in [3.8, 4) is 0 Å². The molecule has 0 bridgehead atoms. The molecule has 1 N–H and O–H groups in total. The second-order valence-electron chi connectivity index (χ2n) is 4.79. The van der Waals surface area contributed by atoms with Gasteiger partial charge in [-0.1, -0.05) is 51.5 Å². The summed E-state index contributed by atoms with van der Waals surface area (Å²) in [6, 6.07) is 9.78. The molecule has 0 saturated carbocycles. The summed E-state index contributed by atoms with van der Waals surface area (Å²) in [7, 11) is 2.09. The standard InChI is InChI=1S/C16H27N/c1-5-8-16(17-4)15(7-3)14-11-9-13(6-2)10-12-14/h9-12,15-17H,5-8H2,1-4H3. The van der Waals surface area contributed by atoms with Crippen molar-refractivity contribution in [3.05, 3.63) is 35.4 Å². The zero-order chi connectivity index (χ0) is 12.7. The molecule has 1 rings (SSSR count). The summed E-state index contributed by atoms with van der Waals surface area (Å²) in [4.78, 5) is 0. The molecular weight excluding hydrogens is 206 g/mol. The molecule has 0 radical (unpaired) electrons. The van der Waals surface area contributed by atoms with Gasteiger partial charge < -0.3 is 5.32 Å². The van der Waals surface area contributed by atoms with Gasteiger partial charge in [0.15, 0.2) is 0 Å². The van der Waals surface area contributed by atoms with Crippen molar-refractivity contribution in [2.75, 3.05) is 7.05 Å². The van der Waals surface area contributed by atoms with Crippen molar-refractivity contribution in [1.29, 1.82) is 0 Å². The topological polar surface area (TPSA) is 12.0 Å². The van der Waals surface area contributed by atoms with Gasteiger partial charge in [0.25, 0.3) is 0 Å². The van der Waals surface area contributed by atoms with E-state index < -0.39 is 0 Å². The van der Waals surface area contributed by atoms with Crippen LogP contribution in [-0.2, 0) is 6.42 Å². The Morgan fingerprint density at radius 3 is 2.12 bits per heavy atom. The molecule has 0 aromatic heterocycles. The van der Waals surface area contributed by atoms with Crippen LogP contribution in [0.1, 0.15) is 57.1 Å². The van der Waals surface area contributed by atoms with Gasteiger partial charge in [-0.15, -0.1) is 0 Å². The Morgan fingerprint density at radius 1 is 1.06 bits per heavy atom. The summed E-state index contributed by atoms with van der Waals surface area (Å²) in [6.07, 6.45) is 4.83. The molecule has 0 aliphatic rings. The highest BCUT2D eigenvalue weighted by Gasteiger charge is 2.19. The number of aryl methyl sites for hydroxylation is 1. The molecule has 0 fully saturated rings. The molecule has 2 unspecified atom stereocenters. The second kappa shape index (κ2) is 7.50. The lowest BCUT2D eigenvalue weighted by atomic mass is 9.86. The van der Waals surface area contributed by atoms with Gasteiger partial charge in [-0.2, -0.15) is 0 Å². The normalized spacial score (nSPS) is 14.6. The van der Waals surface area contributed by atoms with E-state index in [-0.39, 0.29) is 0 Å². The molecule has 17 heavy (non-hydrogen) atoms. The van der Waals surface area contributed by atoms with E-state index in [0.29, 0.717) is 12.0 Å². The molecule has 1 heteroatoms. The molecule has 0 heterocycles. The quantitative estimate of drug-likeness (QED) is 0.746. The fraction of sp³-hybridized carbons (Fsp3) is 0.625. The van der Waals surface area contributed by atoms with Crippen LogP contribution in [0.4, 0.5) is 0 Å². The monoisotopic (exact) mass is 233 g/mol. The molecule has 96 valence electrons. The third kappa shape index (κ3) is 3.85. The molecule has 0 saturated heterocycles. The zero-order valence-electron chi connectivity index (χ0n) is 11.8. The minimum Gasteiger partial charge on any atom is -0.316 e. The Bertz CT molecular complexity index is 302. The van der Waals surface area contributed by atoms with Crippen LogP contribution in [0.2, 0.25) is 0 Å². The van der Waals surface area contributed by atoms with Gasteiger partial charge in [-0.25, -0.2) is 0 Å². The summed E-state index contributed by atoms with van der Waals surface area (Å²) < 4.78 is 0. The fourth-order valence-electron chi connectivity index (χ4n) is 2.61. The largest absolute Gasteiger partial charge is 0.316 e. The summed E-state index contributed by atoms with van der Waals surface area (Å²) in [6.45, 7) is 6.76. The van der Waals surface area contributed by atoms with Crippen molar-refractivity contribution >= 4 is 0 Å². The Balaban J connectivity index is 2.83. The van der Waals surface area contributed by atoms with Crippen molar-refractivity contribution < 1.29 is 0 Å². The molecule has 1 aromatic rings. The second-order valence-corrected chi connectivity index (χ2v) is 4.79. The van der Waals surface area contributed by atoms with Crippen LogP contribution >= 0.6 is 0 Å². The SMILES string of the molecule is CCCC(NC)C(CC)c1ccc(CC)cc1. The predicted molar refractivity (Wildman–Crippen MR) is 76.6 cm³/mol. The summed E-state index contributed by atoms with van der Waals surface area (Å²) >= 11 is 0. The molecule has 1 nitrogen and oxygen atoms in total. The molecule has 0 spiro atoms. The first-order valence-corrected chi connectivity index (χ1v) is 7.02. The van der Waals surface area contributed by atoms with Gasteiger partial charge >= 0.3 is 0 Å². The van der Waals surface area contributed by atoms with Crippen LogP contribution in [0.15, 0.2) is 24.3 Å². The minimum absolute atomic E-state index is 0.609. The van der Waals surface area contributed by atoms with Crippen molar-refractivity contribution in [1.82, 2.24) is 5.32 Å². The Morgan fingerprint density at radius 2 is 1.71 bits per heavy atom. The average Bonchev–Trinajstić information content (AvgIpc) is 2.39. The van der Waals surface area contributed by atoms with Gasteiger partial charge in [0.05, 0.1) is 0 Å². The van der Waals surface area contributed by atoms with Crippen LogP contribution in [0.3, 0.4) is 0 Å². The maximum atomic E-state index is 3.48. The zero-order valence-corrected chi connectivity index (χ0v) is 11.8. The summed E-state index contributed by atoms with van der Waals surface area (Å²) in [5.41, 5.74) is 2.91. The average molecular weight is 233 g/mol. The first-order chi connectivity index (χ1) is 8.26. The highest BCUT2D eigenvalue weighted by atomic mass is 14.9. The molecule has 0 aliphatic carbocycles. The number of rotatable bonds is 7. The number of nitrogens with one attached hydrogen (secondary N) is 1. The van der Waals surface area contributed by atoms with Crippen LogP contribution in [-0.4, -0.2) is 13.1 Å². The van der Waals surface area contributed by atoms with E-state index in [0.717, 1.165) is 6.42 Å². The lowest BCUT2D eigenvalue weighted by Crippen LogP contribution is -2.31. The molecule has 0 amide bonds. The van der Waals surface area contributed by atoms with Gasteiger partial charge in [0.2, 0.25) is 0 Å². The van der Waals surface area contributed by atoms with E-state index >= 15 is 0 Å². The third-order valence-corrected chi connectivity index (χ3v) is 3.71. The number of hydrogen-bond acceptors (Lipinski definition) is 1. The van der Waals surface area contributed by atoms with Crippen LogP contribution in [0.5, 0.6) is 0 Å². The maximum Gasteiger partial charge on any atom is 0.0133 e. The first-order valence-electron chi connectivity index (χ1n) is 7.02.